The molecule has 0 bridgehead atoms. The number of aliphatic hydroxyl groups excluding tert-OH is 1. The van der Waals surface area contributed by atoms with Crippen molar-refractivity contribution in [2.45, 2.75) is 29.8 Å². The van der Waals surface area contributed by atoms with Gasteiger partial charge in [0, 0.05) is 13.0 Å². The zero-order valence-corrected chi connectivity index (χ0v) is 10.8. The Morgan fingerprint density at radius 3 is 2.56 bits per heavy atom. The van der Waals surface area contributed by atoms with Gasteiger partial charge in [-0.1, -0.05) is 0 Å². The summed E-state index contributed by atoms with van der Waals surface area (Å²) in [7, 11) is -3.78. The second-order valence-electron chi connectivity index (χ2n) is 3.55. The first-order chi connectivity index (χ1) is 8.24. The normalized spacial score (nSPS) is 12.9. The van der Waals surface area contributed by atoms with Gasteiger partial charge >= 0.3 is 6.18 Å². The standard InChI is InChI=1S/C9H12F3NO3S2/c10-9(11,12)2-1-3-13-18(15,16)8-4-7(5-14)6-17-8/h4,6,13-14H,1-3,5H2. The van der Waals surface area contributed by atoms with Crippen molar-refractivity contribution in [2.24, 2.45) is 0 Å². The lowest BCUT2D eigenvalue weighted by Crippen LogP contribution is -2.25. The average Bonchev–Trinajstić information content (AvgIpc) is 2.72. The number of aliphatic hydroxyl groups is 1. The van der Waals surface area contributed by atoms with Gasteiger partial charge in [0.25, 0.3) is 0 Å². The van der Waals surface area contributed by atoms with Gasteiger partial charge in [0.05, 0.1) is 6.61 Å². The van der Waals surface area contributed by atoms with Crippen LogP contribution in [0.25, 0.3) is 0 Å². The highest BCUT2D eigenvalue weighted by atomic mass is 32.2. The monoisotopic (exact) mass is 303 g/mol. The minimum atomic E-state index is -4.28. The molecule has 4 nitrogen and oxygen atoms in total. The molecule has 0 atom stereocenters. The largest absolute Gasteiger partial charge is 0.392 e. The van der Waals surface area contributed by atoms with Gasteiger partial charge in [0.15, 0.2) is 0 Å². The smallest absolute Gasteiger partial charge is 0.389 e. The molecule has 0 amide bonds. The van der Waals surface area contributed by atoms with E-state index < -0.39 is 22.6 Å². The Kier molecular flexibility index (Phi) is 5.14. The third-order valence-corrected chi connectivity index (χ3v) is 4.96. The van der Waals surface area contributed by atoms with Crippen molar-refractivity contribution < 1.29 is 26.7 Å². The molecule has 0 saturated carbocycles. The van der Waals surface area contributed by atoms with Crippen LogP contribution in [0.1, 0.15) is 18.4 Å². The van der Waals surface area contributed by atoms with Crippen LogP contribution in [0.2, 0.25) is 0 Å². The van der Waals surface area contributed by atoms with Gasteiger partial charge in [-0.15, -0.1) is 11.3 Å². The predicted molar refractivity (Wildman–Crippen MR) is 60.7 cm³/mol. The van der Waals surface area contributed by atoms with Crippen LogP contribution in [0.15, 0.2) is 15.7 Å². The lowest BCUT2D eigenvalue weighted by Gasteiger charge is -2.07. The number of hydrogen-bond acceptors (Lipinski definition) is 4. The quantitative estimate of drug-likeness (QED) is 0.788. The maximum absolute atomic E-state index is 11.8. The van der Waals surface area contributed by atoms with Crippen molar-refractivity contribution in [3.8, 4) is 0 Å². The summed E-state index contributed by atoms with van der Waals surface area (Å²) in [6, 6.07) is 1.29. The molecule has 0 aliphatic heterocycles. The van der Waals surface area contributed by atoms with Crippen LogP contribution in [0.3, 0.4) is 0 Å². The summed E-state index contributed by atoms with van der Waals surface area (Å²) in [4.78, 5) is 0. The first kappa shape index (κ1) is 15.4. The van der Waals surface area contributed by atoms with Crippen LogP contribution in [-0.2, 0) is 16.6 Å². The van der Waals surface area contributed by atoms with Crippen molar-refractivity contribution in [3.05, 3.63) is 17.0 Å². The van der Waals surface area contributed by atoms with Crippen molar-refractivity contribution >= 4 is 21.4 Å². The van der Waals surface area contributed by atoms with Crippen molar-refractivity contribution in [2.75, 3.05) is 6.54 Å². The molecule has 0 unspecified atom stereocenters. The van der Waals surface area contributed by atoms with E-state index >= 15 is 0 Å². The highest BCUT2D eigenvalue weighted by molar-refractivity contribution is 7.91. The van der Waals surface area contributed by atoms with E-state index in [-0.39, 0.29) is 23.8 Å². The highest BCUT2D eigenvalue weighted by Crippen LogP contribution is 2.22. The molecular formula is C9H12F3NO3S2. The van der Waals surface area contributed by atoms with E-state index in [4.69, 9.17) is 5.11 Å². The number of sulfonamides is 1. The Bertz CT molecular complexity index is 481. The Hall–Kier alpha value is -0.640. The van der Waals surface area contributed by atoms with E-state index in [1.54, 1.807) is 0 Å². The molecule has 1 aromatic rings. The summed E-state index contributed by atoms with van der Waals surface area (Å²) in [5, 5.41) is 10.3. The third kappa shape index (κ3) is 4.92. The summed E-state index contributed by atoms with van der Waals surface area (Å²) in [5.74, 6) is 0. The molecule has 104 valence electrons. The van der Waals surface area contributed by atoms with E-state index in [1.807, 2.05) is 0 Å². The zero-order valence-electron chi connectivity index (χ0n) is 9.20. The summed E-state index contributed by atoms with van der Waals surface area (Å²) in [6.07, 6.45) is -5.61. The summed E-state index contributed by atoms with van der Waals surface area (Å²) in [6.45, 7) is -0.547. The van der Waals surface area contributed by atoms with Gasteiger partial charge in [0.2, 0.25) is 10.0 Å². The van der Waals surface area contributed by atoms with Crippen LogP contribution >= 0.6 is 11.3 Å². The number of nitrogens with one attached hydrogen (secondary N) is 1. The SMILES string of the molecule is O=S(=O)(NCCCC(F)(F)F)c1cc(CO)cs1. The van der Waals surface area contributed by atoms with Crippen LogP contribution in [0, 0.1) is 0 Å². The number of rotatable bonds is 6. The molecule has 0 aliphatic rings. The molecule has 1 aromatic heterocycles. The second kappa shape index (κ2) is 6.00. The molecule has 1 rings (SSSR count). The molecule has 1 heterocycles. The maximum Gasteiger partial charge on any atom is 0.389 e. The van der Waals surface area contributed by atoms with Crippen molar-refractivity contribution in [1.29, 1.82) is 0 Å². The Labute approximate surface area is 106 Å². The lowest BCUT2D eigenvalue weighted by atomic mass is 10.3. The van der Waals surface area contributed by atoms with Crippen LogP contribution in [0.5, 0.6) is 0 Å². The minimum absolute atomic E-state index is 0.0152. The molecule has 18 heavy (non-hydrogen) atoms. The van der Waals surface area contributed by atoms with E-state index in [0.29, 0.717) is 5.56 Å². The molecule has 0 spiro atoms. The maximum atomic E-state index is 11.8. The molecule has 0 fully saturated rings. The van der Waals surface area contributed by atoms with E-state index in [9.17, 15) is 21.6 Å². The fourth-order valence-electron chi connectivity index (χ4n) is 1.14. The lowest BCUT2D eigenvalue weighted by molar-refractivity contribution is -0.135. The zero-order chi connectivity index (χ0) is 13.8. The predicted octanol–water partition coefficient (Wildman–Crippen LogP) is 1.86. The van der Waals surface area contributed by atoms with Crippen LogP contribution in [0.4, 0.5) is 13.2 Å². The van der Waals surface area contributed by atoms with Gasteiger partial charge < -0.3 is 5.11 Å². The third-order valence-electron chi connectivity index (χ3n) is 2.01. The molecule has 0 aliphatic carbocycles. The highest BCUT2D eigenvalue weighted by Gasteiger charge is 2.26. The molecular weight excluding hydrogens is 291 g/mol. The topological polar surface area (TPSA) is 66.4 Å². The molecule has 2 N–H and O–H groups in total. The van der Waals surface area contributed by atoms with Crippen molar-refractivity contribution in [1.82, 2.24) is 4.72 Å². The van der Waals surface area contributed by atoms with Gasteiger partial charge in [-0.3, -0.25) is 0 Å². The van der Waals surface area contributed by atoms with Gasteiger partial charge in [-0.05, 0) is 23.4 Å². The van der Waals surface area contributed by atoms with E-state index in [2.05, 4.69) is 4.72 Å². The number of halogens is 3. The molecule has 0 saturated heterocycles. The summed E-state index contributed by atoms with van der Waals surface area (Å²) >= 11 is 0.912. The number of alkyl halides is 3. The minimum Gasteiger partial charge on any atom is -0.392 e. The fraction of sp³-hybridized carbons (Fsp3) is 0.556. The number of thiophene rings is 1. The average molecular weight is 303 g/mol. The fourth-order valence-corrected chi connectivity index (χ4v) is 3.46. The Morgan fingerprint density at radius 2 is 2.06 bits per heavy atom. The molecule has 0 radical (unpaired) electrons. The van der Waals surface area contributed by atoms with E-state index in [1.165, 1.54) is 11.4 Å². The van der Waals surface area contributed by atoms with Gasteiger partial charge in [-0.25, -0.2) is 13.1 Å². The summed E-state index contributed by atoms with van der Waals surface area (Å²) in [5.41, 5.74) is 0.454. The molecule has 0 aromatic carbocycles. The van der Waals surface area contributed by atoms with Crippen LogP contribution in [-0.4, -0.2) is 26.2 Å². The first-order valence-electron chi connectivity index (χ1n) is 4.99. The van der Waals surface area contributed by atoms with Gasteiger partial charge in [0.1, 0.15) is 4.21 Å². The summed E-state index contributed by atoms with van der Waals surface area (Å²) < 4.78 is 60.8. The second-order valence-corrected chi connectivity index (χ2v) is 6.45. The van der Waals surface area contributed by atoms with E-state index in [0.717, 1.165) is 11.3 Å². The van der Waals surface area contributed by atoms with Gasteiger partial charge in [-0.2, -0.15) is 13.2 Å². The Morgan fingerprint density at radius 1 is 1.39 bits per heavy atom. The van der Waals surface area contributed by atoms with Crippen LogP contribution < -0.4 is 4.72 Å². The first-order valence-corrected chi connectivity index (χ1v) is 7.35. The molecule has 9 heteroatoms. The Balaban J connectivity index is 2.50. The number of hydrogen-bond donors (Lipinski definition) is 2. The van der Waals surface area contributed by atoms with Crippen molar-refractivity contribution in [3.63, 3.8) is 0 Å².